The Bertz CT molecular complexity index is 1120. The molecule has 0 spiro atoms. The number of anilines is 1. The molecule has 7 nitrogen and oxygen atoms in total. The summed E-state index contributed by atoms with van der Waals surface area (Å²) in [6.45, 7) is 1.65. The highest BCUT2D eigenvalue weighted by Crippen LogP contribution is 2.35. The third-order valence-corrected chi connectivity index (χ3v) is 5.34. The summed E-state index contributed by atoms with van der Waals surface area (Å²) in [4.78, 5) is 26.0. The molecular formula is C23H20N2O5S. The first-order valence-corrected chi connectivity index (χ1v) is 10.2. The first-order valence-electron chi connectivity index (χ1n) is 9.42. The topological polar surface area (TPSA) is 97.6 Å². The summed E-state index contributed by atoms with van der Waals surface area (Å²) in [5.74, 6) is -0.271. The highest BCUT2D eigenvalue weighted by molar-refractivity contribution is 7.18. The number of hydrogen-bond donors (Lipinski definition) is 1. The molecule has 1 heterocycles. The lowest BCUT2D eigenvalue weighted by Gasteiger charge is -2.11. The van der Waals surface area contributed by atoms with Crippen LogP contribution in [0.2, 0.25) is 0 Å². The van der Waals surface area contributed by atoms with Gasteiger partial charge in [-0.05, 0) is 30.7 Å². The largest absolute Gasteiger partial charge is 0.493 e. The lowest BCUT2D eigenvalue weighted by molar-refractivity contribution is -0.118. The third-order valence-electron chi connectivity index (χ3n) is 4.18. The van der Waals surface area contributed by atoms with Crippen molar-refractivity contribution in [1.29, 1.82) is 5.26 Å². The van der Waals surface area contributed by atoms with Gasteiger partial charge in [0.2, 0.25) is 0 Å². The average molecular weight is 436 g/mol. The fourth-order valence-corrected chi connectivity index (χ4v) is 3.78. The van der Waals surface area contributed by atoms with Crippen LogP contribution in [-0.4, -0.2) is 32.2 Å². The van der Waals surface area contributed by atoms with Crippen molar-refractivity contribution in [2.75, 3.05) is 25.6 Å². The van der Waals surface area contributed by atoms with E-state index >= 15 is 0 Å². The van der Waals surface area contributed by atoms with E-state index in [2.05, 4.69) is 5.32 Å². The molecule has 0 atom stereocenters. The molecule has 158 valence electrons. The monoisotopic (exact) mass is 436 g/mol. The number of nitrogens with zero attached hydrogens (tertiary/aromatic N) is 1. The zero-order valence-electron chi connectivity index (χ0n) is 17.0. The maximum Gasteiger partial charge on any atom is 0.350 e. The minimum atomic E-state index is -0.500. The molecule has 1 N–H and O–H groups in total. The van der Waals surface area contributed by atoms with E-state index in [0.717, 1.165) is 10.4 Å². The number of ether oxygens (including phenoxy) is 3. The van der Waals surface area contributed by atoms with Gasteiger partial charge in [-0.2, -0.15) is 5.26 Å². The van der Waals surface area contributed by atoms with Crippen molar-refractivity contribution < 1.29 is 23.8 Å². The van der Waals surface area contributed by atoms with Crippen molar-refractivity contribution in [3.8, 4) is 28.0 Å². The summed E-state index contributed by atoms with van der Waals surface area (Å²) in [6, 6.07) is 18.0. The number of amides is 1. The van der Waals surface area contributed by atoms with Crippen LogP contribution >= 0.6 is 11.3 Å². The summed E-state index contributed by atoms with van der Waals surface area (Å²) in [6.07, 6.45) is 0. The highest BCUT2D eigenvalue weighted by Gasteiger charge is 2.20. The fraction of sp³-hybridized carbons (Fsp3) is 0.174. The van der Waals surface area contributed by atoms with Gasteiger partial charge in [-0.3, -0.25) is 4.79 Å². The Labute approximate surface area is 183 Å². The zero-order valence-corrected chi connectivity index (χ0v) is 17.8. The Balaban J connectivity index is 1.76. The number of rotatable bonds is 8. The fourth-order valence-electron chi connectivity index (χ4n) is 2.76. The molecule has 3 aromatic rings. The summed E-state index contributed by atoms with van der Waals surface area (Å²) < 4.78 is 15.9. The van der Waals surface area contributed by atoms with Crippen LogP contribution in [0.15, 0.2) is 54.6 Å². The molecule has 2 aromatic carbocycles. The summed E-state index contributed by atoms with van der Waals surface area (Å²) >= 11 is 1.25. The predicted octanol–water partition coefficient (Wildman–Crippen LogP) is 4.49. The van der Waals surface area contributed by atoms with Crippen LogP contribution in [0.25, 0.3) is 10.4 Å². The second-order valence-electron chi connectivity index (χ2n) is 6.25. The Kier molecular flexibility index (Phi) is 7.25. The van der Waals surface area contributed by atoms with E-state index in [4.69, 9.17) is 19.5 Å². The molecule has 0 bridgehead atoms. The number of hydrogen-bond acceptors (Lipinski definition) is 7. The van der Waals surface area contributed by atoms with E-state index in [-0.39, 0.29) is 13.2 Å². The molecule has 0 aliphatic heterocycles. The molecular weight excluding hydrogens is 416 g/mol. The first kappa shape index (κ1) is 21.9. The molecule has 8 heteroatoms. The van der Waals surface area contributed by atoms with Gasteiger partial charge < -0.3 is 19.5 Å². The van der Waals surface area contributed by atoms with Crippen LogP contribution in [0.4, 0.5) is 5.69 Å². The lowest BCUT2D eigenvalue weighted by atomic mass is 10.2. The van der Waals surface area contributed by atoms with Gasteiger partial charge in [-0.1, -0.05) is 30.3 Å². The summed E-state index contributed by atoms with van der Waals surface area (Å²) in [5, 5.41) is 11.7. The number of methoxy groups -OCH3 is 1. The predicted molar refractivity (Wildman–Crippen MR) is 118 cm³/mol. The van der Waals surface area contributed by atoms with Gasteiger partial charge in [0.05, 0.1) is 31.0 Å². The number of benzene rings is 2. The van der Waals surface area contributed by atoms with Gasteiger partial charge in [0, 0.05) is 10.9 Å². The number of nitrogens with one attached hydrogen (secondary N) is 1. The van der Waals surface area contributed by atoms with Gasteiger partial charge in [-0.15, -0.1) is 11.3 Å². The van der Waals surface area contributed by atoms with Crippen molar-refractivity contribution in [2.45, 2.75) is 6.92 Å². The van der Waals surface area contributed by atoms with Gasteiger partial charge in [0.1, 0.15) is 4.88 Å². The van der Waals surface area contributed by atoms with Crippen molar-refractivity contribution in [2.24, 2.45) is 0 Å². The van der Waals surface area contributed by atoms with Crippen LogP contribution in [0.1, 0.15) is 22.2 Å². The average Bonchev–Trinajstić information content (AvgIpc) is 3.22. The van der Waals surface area contributed by atoms with Gasteiger partial charge in [-0.25, -0.2) is 4.79 Å². The SMILES string of the molecule is CCOC(=O)c1sc(-c2ccccc2)cc1NC(=O)COc1ccc(C#N)cc1OC. The Hall–Kier alpha value is -3.83. The van der Waals surface area contributed by atoms with Crippen molar-refractivity contribution in [1.82, 2.24) is 0 Å². The minimum Gasteiger partial charge on any atom is -0.493 e. The van der Waals surface area contributed by atoms with Gasteiger partial charge in [0.15, 0.2) is 18.1 Å². The maximum absolute atomic E-state index is 12.5. The third kappa shape index (κ3) is 5.41. The number of carbonyl (C=O) groups is 2. The minimum absolute atomic E-state index is 0.229. The molecule has 0 unspecified atom stereocenters. The highest BCUT2D eigenvalue weighted by atomic mass is 32.1. The molecule has 0 fully saturated rings. The van der Waals surface area contributed by atoms with Crippen molar-refractivity contribution in [3.63, 3.8) is 0 Å². The Morgan fingerprint density at radius 3 is 2.55 bits per heavy atom. The molecule has 0 aliphatic rings. The molecule has 0 radical (unpaired) electrons. The molecule has 0 saturated heterocycles. The Morgan fingerprint density at radius 1 is 1.10 bits per heavy atom. The number of nitriles is 1. The van der Waals surface area contributed by atoms with E-state index in [9.17, 15) is 9.59 Å². The molecule has 1 aromatic heterocycles. The van der Waals surface area contributed by atoms with Crippen LogP contribution in [-0.2, 0) is 9.53 Å². The van der Waals surface area contributed by atoms with E-state index in [1.165, 1.54) is 24.5 Å². The smallest absolute Gasteiger partial charge is 0.350 e. The molecule has 1 amide bonds. The van der Waals surface area contributed by atoms with Crippen molar-refractivity contribution in [3.05, 3.63) is 65.0 Å². The summed E-state index contributed by atoms with van der Waals surface area (Å²) in [5.41, 5.74) is 1.71. The standard InChI is InChI=1S/C23H20N2O5S/c1-3-29-23(27)22-17(12-20(31-22)16-7-5-4-6-8-16)25-21(26)14-30-18-10-9-15(13-24)11-19(18)28-2/h4-12H,3,14H2,1-2H3,(H,25,26). The van der Waals surface area contributed by atoms with E-state index in [0.29, 0.717) is 27.6 Å². The van der Waals surface area contributed by atoms with Crippen LogP contribution in [0.3, 0.4) is 0 Å². The quantitative estimate of drug-likeness (QED) is 0.523. The second-order valence-corrected chi connectivity index (χ2v) is 7.31. The normalized spacial score (nSPS) is 10.1. The number of esters is 1. The van der Waals surface area contributed by atoms with E-state index < -0.39 is 11.9 Å². The van der Waals surface area contributed by atoms with Crippen LogP contribution in [0.5, 0.6) is 11.5 Å². The van der Waals surface area contributed by atoms with Crippen LogP contribution in [0, 0.1) is 11.3 Å². The molecule has 31 heavy (non-hydrogen) atoms. The van der Waals surface area contributed by atoms with Crippen molar-refractivity contribution >= 4 is 28.9 Å². The summed E-state index contributed by atoms with van der Waals surface area (Å²) in [7, 11) is 1.45. The van der Waals surface area contributed by atoms with Gasteiger partial charge in [0.25, 0.3) is 5.91 Å². The molecule has 3 rings (SSSR count). The van der Waals surface area contributed by atoms with E-state index in [1.54, 1.807) is 25.1 Å². The number of thiophene rings is 1. The number of carbonyl (C=O) groups excluding carboxylic acids is 2. The maximum atomic E-state index is 12.5. The Morgan fingerprint density at radius 2 is 1.87 bits per heavy atom. The van der Waals surface area contributed by atoms with Gasteiger partial charge >= 0.3 is 5.97 Å². The van der Waals surface area contributed by atoms with E-state index in [1.807, 2.05) is 36.4 Å². The van der Waals surface area contributed by atoms with Crippen LogP contribution < -0.4 is 14.8 Å². The zero-order chi connectivity index (χ0) is 22.2. The molecule has 0 saturated carbocycles. The first-order chi connectivity index (χ1) is 15.0. The second kappa shape index (κ2) is 10.3. The molecule has 0 aliphatic carbocycles. The lowest BCUT2D eigenvalue weighted by Crippen LogP contribution is -2.21.